The predicted octanol–water partition coefficient (Wildman–Crippen LogP) is 5.29. The van der Waals surface area contributed by atoms with Crippen LogP contribution in [0.3, 0.4) is 0 Å². The molecule has 140 valence electrons. The van der Waals surface area contributed by atoms with Gasteiger partial charge in [-0.1, -0.05) is 36.8 Å². The molecule has 0 radical (unpaired) electrons. The first-order valence-corrected chi connectivity index (χ1v) is 9.26. The summed E-state index contributed by atoms with van der Waals surface area (Å²) in [5.74, 6) is -1.38. The van der Waals surface area contributed by atoms with E-state index in [-0.39, 0.29) is 17.3 Å². The summed E-state index contributed by atoms with van der Waals surface area (Å²) in [6.07, 6.45) is 5.38. The number of Topliss-reactive ketones (excluding diaryl/α,β-unsaturated/α-hetero) is 2. The lowest BCUT2D eigenvalue weighted by molar-refractivity contribution is -0.132. The quantitative estimate of drug-likeness (QED) is 0.431. The smallest absolute Gasteiger partial charge is 0.233 e. The highest BCUT2D eigenvalue weighted by Crippen LogP contribution is 2.38. The molecular formula is C23H25NO3. The number of aliphatic hydroxyl groups excluding tert-OH is 1. The van der Waals surface area contributed by atoms with Crippen LogP contribution in [0.5, 0.6) is 0 Å². The number of carbonyl (C=O) groups excluding carboxylic acids is 2. The minimum absolute atomic E-state index is 0.0634. The minimum Gasteiger partial charge on any atom is -0.507 e. The van der Waals surface area contributed by atoms with Gasteiger partial charge in [-0.3, -0.25) is 9.59 Å². The Kier molecular flexibility index (Phi) is 5.17. The van der Waals surface area contributed by atoms with Crippen molar-refractivity contribution in [2.75, 3.05) is 0 Å². The molecule has 3 rings (SSSR count). The second kappa shape index (κ2) is 7.39. The first kappa shape index (κ1) is 18.9. The third kappa shape index (κ3) is 3.39. The number of allylic oxidation sites excluding steroid dienone is 5. The fourth-order valence-electron chi connectivity index (χ4n) is 3.66. The number of nitrogens with one attached hydrogen (secondary N) is 1. The summed E-state index contributed by atoms with van der Waals surface area (Å²) in [5, 5.41) is 11.9. The van der Waals surface area contributed by atoms with Crippen molar-refractivity contribution in [2.24, 2.45) is 5.92 Å². The van der Waals surface area contributed by atoms with Crippen molar-refractivity contribution >= 4 is 28.0 Å². The fourth-order valence-corrected chi connectivity index (χ4v) is 3.66. The molecule has 1 aliphatic rings. The summed E-state index contributed by atoms with van der Waals surface area (Å²) in [4.78, 5) is 28.4. The molecule has 0 spiro atoms. The highest BCUT2D eigenvalue weighted by Gasteiger charge is 2.36. The Morgan fingerprint density at radius 3 is 2.59 bits per heavy atom. The molecule has 0 saturated carbocycles. The number of rotatable bonds is 5. The van der Waals surface area contributed by atoms with Gasteiger partial charge in [-0.05, 0) is 45.6 Å². The maximum atomic E-state index is 12.6. The standard InChI is InChI=1S/C23H25NO3/c1-13(2)8-7-9-14(3)19-22(26)20(15(4)21(25)23(19)27)17-12-24-18-11-6-5-10-16(17)18/h5-6,8,10-12,14,24,26H,7,9H2,1-4H3/t14-/m1/s1. The number of fused-ring (bicyclic) bond motifs is 1. The molecule has 1 aliphatic carbocycles. The van der Waals surface area contributed by atoms with Gasteiger partial charge in [0.05, 0.1) is 0 Å². The van der Waals surface area contributed by atoms with Crippen molar-refractivity contribution in [1.29, 1.82) is 0 Å². The first-order valence-electron chi connectivity index (χ1n) is 9.26. The molecular weight excluding hydrogens is 338 g/mol. The van der Waals surface area contributed by atoms with Gasteiger partial charge in [-0.2, -0.15) is 0 Å². The van der Waals surface area contributed by atoms with Crippen LogP contribution in [0.25, 0.3) is 16.5 Å². The molecule has 2 aromatic rings. The molecule has 1 heterocycles. The maximum Gasteiger partial charge on any atom is 0.233 e. The normalized spacial score (nSPS) is 16.3. The number of benzene rings is 1. The van der Waals surface area contributed by atoms with Crippen LogP contribution in [0.2, 0.25) is 0 Å². The predicted molar refractivity (Wildman–Crippen MR) is 108 cm³/mol. The van der Waals surface area contributed by atoms with Crippen LogP contribution < -0.4 is 0 Å². The van der Waals surface area contributed by atoms with E-state index in [0.717, 1.165) is 22.9 Å². The summed E-state index contributed by atoms with van der Waals surface area (Å²) < 4.78 is 0. The average molecular weight is 363 g/mol. The van der Waals surface area contributed by atoms with Crippen molar-refractivity contribution in [3.05, 3.63) is 64.6 Å². The third-order valence-electron chi connectivity index (χ3n) is 5.16. The van der Waals surface area contributed by atoms with Crippen molar-refractivity contribution in [3.63, 3.8) is 0 Å². The Morgan fingerprint density at radius 1 is 1.19 bits per heavy atom. The van der Waals surface area contributed by atoms with Crippen LogP contribution in [-0.4, -0.2) is 21.7 Å². The van der Waals surface area contributed by atoms with Gasteiger partial charge in [0.15, 0.2) is 0 Å². The lowest BCUT2D eigenvalue weighted by atomic mass is 9.80. The molecule has 0 aliphatic heterocycles. The molecule has 1 aromatic heterocycles. The number of aromatic amines is 1. The number of hydrogen-bond donors (Lipinski definition) is 2. The van der Waals surface area contributed by atoms with Gasteiger partial charge in [-0.25, -0.2) is 0 Å². The molecule has 0 saturated heterocycles. The third-order valence-corrected chi connectivity index (χ3v) is 5.16. The van der Waals surface area contributed by atoms with E-state index in [1.54, 1.807) is 13.1 Å². The van der Waals surface area contributed by atoms with Gasteiger partial charge in [-0.15, -0.1) is 0 Å². The first-order chi connectivity index (χ1) is 12.8. The minimum atomic E-state index is -0.585. The van der Waals surface area contributed by atoms with Crippen molar-refractivity contribution < 1.29 is 14.7 Å². The number of carbonyl (C=O) groups is 2. The number of aromatic nitrogens is 1. The Labute approximate surface area is 159 Å². The van der Waals surface area contributed by atoms with Crippen LogP contribution in [0.1, 0.15) is 46.1 Å². The van der Waals surface area contributed by atoms with E-state index in [1.807, 2.05) is 45.0 Å². The highest BCUT2D eigenvalue weighted by atomic mass is 16.3. The van der Waals surface area contributed by atoms with E-state index in [9.17, 15) is 14.7 Å². The summed E-state index contributed by atoms with van der Waals surface area (Å²) in [6.45, 7) is 7.55. The number of para-hydroxylation sites is 1. The molecule has 4 heteroatoms. The van der Waals surface area contributed by atoms with E-state index in [4.69, 9.17) is 0 Å². The molecule has 0 amide bonds. The molecule has 1 atom stereocenters. The Bertz CT molecular complexity index is 1010. The van der Waals surface area contributed by atoms with Crippen LogP contribution in [0.15, 0.2) is 59.0 Å². The summed E-state index contributed by atoms with van der Waals surface area (Å²) in [7, 11) is 0. The number of aliphatic hydroxyl groups is 1. The van der Waals surface area contributed by atoms with E-state index in [2.05, 4.69) is 11.1 Å². The molecule has 0 bridgehead atoms. The van der Waals surface area contributed by atoms with Crippen LogP contribution >= 0.6 is 0 Å². The van der Waals surface area contributed by atoms with E-state index >= 15 is 0 Å². The van der Waals surface area contributed by atoms with Gasteiger partial charge in [0.1, 0.15) is 5.76 Å². The zero-order chi connectivity index (χ0) is 19.7. The topological polar surface area (TPSA) is 70.2 Å². The molecule has 27 heavy (non-hydrogen) atoms. The van der Waals surface area contributed by atoms with Crippen LogP contribution in [0, 0.1) is 5.92 Å². The SMILES string of the molecule is CC(C)=CCC[C@@H](C)C1=C(O)C(c2c[nH]c3ccccc23)=C(C)C(=O)C1=O. The highest BCUT2D eigenvalue weighted by molar-refractivity contribution is 6.52. The number of H-pyrrole nitrogens is 1. The molecule has 0 fully saturated rings. The van der Waals surface area contributed by atoms with Crippen molar-refractivity contribution in [2.45, 2.75) is 40.5 Å². The van der Waals surface area contributed by atoms with Crippen LogP contribution in [0.4, 0.5) is 0 Å². The van der Waals surface area contributed by atoms with Crippen molar-refractivity contribution in [1.82, 2.24) is 4.98 Å². The zero-order valence-corrected chi connectivity index (χ0v) is 16.2. The van der Waals surface area contributed by atoms with Gasteiger partial charge in [0, 0.05) is 39.4 Å². The van der Waals surface area contributed by atoms with E-state index < -0.39 is 11.6 Å². The number of hydrogen-bond acceptors (Lipinski definition) is 3. The second-order valence-electron chi connectivity index (χ2n) is 7.43. The molecule has 2 N–H and O–H groups in total. The van der Waals surface area contributed by atoms with Gasteiger partial charge < -0.3 is 10.1 Å². The Hall–Kier alpha value is -2.88. The van der Waals surface area contributed by atoms with Crippen molar-refractivity contribution in [3.8, 4) is 0 Å². The summed E-state index contributed by atoms with van der Waals surface area (Å²) >= 11 is 0. The molecule has 4 nitrogen and oxygen atoms in total. The second-order valence-corrected chi connectivity index (χ2v) is 7.43. The van der Waals surface area contributed by atoms with Crippen LogP contribution in [-0.2, 0) is 9.59 Å². The number of ketones is 2. The van der Waals surface area contributed by atoms with E-state index in [1.165, 1.54) is 5.57 Å². The average Bonchev–Trinajstić information content (AvgIpc) is 3.04. The van der Waals surface area contributed by atoms with Gasteiger partial charge >= 0.3 is 0 Å². The maximum absolute atomic E-state index is 12.6. The largest absolute Gasteiger partial charge is 0.507 e. The van der Waals surface area contributed by atoms with Gasteiger partial charge in [0.25, 0.3) is 0 Å². The summed E-state index contributed by atoms with van der Waals surface area (Å²) in [6, 6.07) is 7.71. The lowest BCUT2D eigenvalue weighted by Gasteiger charge is -2.23. The summed E-state index contributed by atoms with van der Waals surface area (Å²) in [5.41, 5.74) is 3.86. The fraction of sp³-hybridized carbons (Fsp3) is 0.304. The van der Waals surface area contributed by atoms with Gasteiger partial charge in [0.2, 0.25) is 11.6 Å². The molecule has 1 aromatic carbocycles. The van der Waals surface area contributed by atoms with E-state index in [0.29, 0.717) is 17.6 Å². The zero-order valence-electron chi connectivity index (χ0n) is 16.2. The Balaban J connectivity index is 2.10. The Morgan fingerprint density at radius 2 is 1.89 bits per heavy atom. The monoisotopic (exact) mass is 363 g/mol. The lowest BCUT2D eigenvalue weighted by Crippen LogP contribution is -2.28. The molecule has 0 unspecified atom stereocenters.